The molecular formula is C34H43N5O11S. The molecule has 3 aliphatic heterocycles. The lowest BCUT2D eigenvalue weighted by Crippen LogP contribution is -2.51. The van der Waals surface area contributed by atoms with Crippen LogP contribution in [0.15, 0.2) is 66.1 Å². The fourth-order valence-corrected chi connectivity index (χ4v) is 7.79. The van der Waals surface area contributed by atoms with Crippen LogP contribution in [-0.2, 0) is 37.2 Å². The molecule has 6 rings (SSSR count). The highest BCUT2D eigenvalue weighted by molar-refractivity contribution is 7.89. The third-order valence-electron chi connectivity index (χ3n) is 8.74. The smallest absolute Gasteiger partial charge is 0.412 e. The summed E-state index contributed by atoms with van der Waals surface area (Å²) >= 11 is 0. The van der Waals surface area contributed by atoms with Crippen molar-refractivity contribution in [2.75, 3.05) is 39.6 Å². The molecule has 51 heavy (non-hydrogen) atoms. The fourth-order valence-electron chi connectivity index (χ4n) is 6.15. The Labute approximate surface area is 296 Å². The van der Waals surface area contributed by atoms with Gasteiger partial charge in [0.1, 0.15) is 11.9 Å². The first-order valence-electron chi connectivity index (χ1n) is 16.8. The van der Waals surface area contributed by atoms with E-state index in [4.69, 9.17) is 28.4 Å². The fraction of sp³-hybridized carbons (Fsp3) is 0.500. The Morgan fingerprint density at radius 3 is 2.65 bits per heavy atom. The summed E-state index contributed by atoms with van der Waals surface area (Å²) in [6.45, 7) is 5.07. The van der Waals surface area contributed by atoms with Crippen molar-refractivity contribution < 1.29 is 51.5 Å². The van der Waals surface area contributed by atoms with Crippen molar-refractivity contribution >= 4 is 22.2 Å². The summed E-state index contributed by atoms with van der Waals surface area (Å²) in [5, 5.41) is 17.1. The first kappa shape index (κ1) is 36.4. The highest BCUT2D eigenvalue weighted by Gasteiger charge is 2.44. The zero-order valence-corrected chi connectivity index (χ0v) is 29.2. The van der Waals surface area contributed by atoms with Crippen LogP contribution in [0.5, 0.6) is 17.2 Å². The van der Waals surface area contributed by atoms with Crippen LogP contribution in [0.4, 0.5) is 9.59 Å². The van der Waals surface area contributed by atoms with Crippen molar-refractivity contribution in [1.82, 2.24) is 24.5 Å². The zero-order valence-electron chi connectivity index (χ0n) is 28.4. The molecule has 4 heterocycles. The second-order valence-electron chi connectivity index (χ2n) is 13.0. The number of nitrogens with one attached hydrogen (secondary N) is 2. The number of hydrogen-bond donors (Lipinski definition) is 3. The van der Waals surface area contributed by atoms with Crippen molar-refractivity contribution in [2.24, 2.45) is 11.8 Å². The van der Waals surface area contributed by atoms with Gasteiger partial charge in [-0.25, -0.2) is 23.0 Å². The van der Waals surface area contributed by atoms with Crippen molar-refractivity contribution in [3.63, 3.8) is 0 Å². The molecule has 16 nitrogen and oxygen atoms in total. The lowest BCUT2D eigenvalue weighted by molar-refractivity contribution is -0.0907. The minimum Gasteiger partial charge on any atom is -0.454 e. The second-order valence-corrected chi connectivity index (χ2v) is 14.9. The number of ether oxygens (including phenoxy) is 6. The van der Waals surface area contributed by atoms with E-state index in [1.165, 1.54) is 22.5 Å². The van der Waals surface area contributed by atoms with Crippen LogP contribution >= 0.6 is 0 Å². The number of sulfonamides is 1. The predicted molar refractivity (Wildman–Crippen MR) is 180 cm³/mol. The van der Waals surface area contributed by atoms with Crippen molar-refractivity contribution in [3.8, 4) is 17.2 Å². The number of amides is 2. The molecule has 0 aliphatic carbocycles. The van der Waals surface area contributed by atoms with Gasteiger partial charge in [0.2, 0.25) is 16.8 Å². The summed E-state index contributed by atoms with van der Waals surface area (Å²) < 4.78 is 63.8. The molecule has 17 heteroatoms. The van der Waals surface area contributed by atoms with Crippen molar-refractivity contribution in [1.29, 1.82) is 0 Å². The number of aliphatic hydroxyl groups excluding tert-OH is 1. The average Bonchev–Trinajstić information content (AvgIpc) is 3.92. The normalized spacial score (nSPS) is 20.6. The third kappa shape index (κ3) is 9.28. The van der Waals surface area contributed by atoms with Gasteiger partial charge in [-0.05, 0) is 48.6 Å². The minimum absolute atomic E-state index is 0.00855. The van der Waals surface area contributed by atoms with Crippen molar-refractivity contribution in [3.05, 3.63) is 66.7 Å². The monoisotopic (exact) mass is 729 g/mol. The summed E-state index contributed by atoms with van der Waals surface area (Å²) in [5.74, 6) is 0.863. The van der Waals surface area contributed by atoms with Crippen LogP contribution in [0.3, 0.4) is 0 Å². The zero-order chi connectivity index (χ0) is 36.0. The maximum Gasteiger partial charge on any atom is 0.412 e. The van der Waals surface area contributed by atoms with Gasteiger partial charge in [0.15, 0.2) is 17.8 Å². The molecule has 0 bridgehead atoms. The molecular weight excluding hydrogens is 686 g/mol. The van der Waals surface area contributed by atoms with Gasteiger partial charge in [-0.2, -0.15) is 4.31 Å². The Kier molecular flexibility index (Phi) is 11.6. The molecule has 0 saturated carbocycles. The molecule has 5 atom stereocenters. The maximum atomic E-state index is 13.9. The molecule has 276 valence electrons. The van der Waals surface area contributed by atoms with Crippen LogP contribution in [-0.4, -0.2) is 104 Å². The van der Waals surface area contributed by atoms with Gasteiger partial charge in [-0.3, -0.25) is 0 Å². The van der Waals surface area contributed by atoms with Crippen LogP contribution in [0.25, 0.3) is 0 Å². The number of fused-ring (bicyclic) bond motifs is 2. The molecule has 3 aliphatic rings. The first-order chi connectivity index (χ1) is 24.5. The number of alkyl carbamates (subject to hydrolysis) is 1. The SMILES string of the molecule is CC(C)CN(C[C@@H](O)[C@H](Cc1ccc(OC(=O)NCCn2ccnc2)cc1)NC(=O)O[C@H]1COC2OCC[C@H]21)S(=O)(=O)c1ccc2c(c1)OCO2. The Morgan fingerprint density at radius 1 is 1.08 bits per heavy atom. The van der Waals surface area contributed by atoms with Crippen LogP contribution in [0.2, 0.25) is 0 Å². The molecule has 1 unspecified atom stereocenters. The van der Waals surface area contributed by atoms with Gasteiger partial charge in [0.05, 0.1) is 42.5 Å². The standard InChI is InChI=1S/C34H43N5O11S/c1-22(2)17-39(51(43,44)25-7-8-29-30(16-25)48-21-47-29)18-28(40)27(37-34(42)50-31-19-46-32-26(31)9-14-45-32)15-23-3-5-24(6-4-23)49-33(41)36-11-13-38-12-10-35-20-38/h3-8,10,12,16,20,22,26-28,31-32,40H,9,11,13-15,17-19,21H2,1-2H3,(H,36,41)(H,37,42)/t26-,27-,28+,31-,32?/m0/s1. The van der Waals surface area contributed by atoms with Gasteiger partial charge in [-0.1, -0.05) is 26.0 Å². The second kappa shape index (κ2) is 16.3. The third-order valence-corrected chi connectivity index (χ3v) is 10.6. The van der Waals surface area contributed by atoms with Crippen LogP contribution in [0, 0.1) is 11.8 Å². The van der Waals surface area contributed by atoms with Gasteiger partial charge in [0, 0.05) is 44.6 Å². The number of rotatable bonds is 15. The van der Waals surface area contributed by atoms with Gasteiger partial charge >= 0.3 is 12.2 Å². The van der Waals surface area contributed by atoms with E-state index in [1.54, 1.807) is 43.0 Å². The number of aliphatic hydroxyl groups is 1. The average molecular weight is 730 g/mol. The first-order valence-corrected chi connectivity index (χ1v) is 18.3. The Bertz CT molecular complexity index is 1740. The molecule has 1 aromatic heterocycles. The largest absolute Gasteiger partial charge is 0.454 e. The van der Waals surface area contributed by atoms with Gasteiger partial charge in [-0.15, -0.1) is 0 Å². The number of benzene rings is 2. The number of imidazole rings is 1. The summed E-state index contributed by atoms with van der Waals surface area (Å²) in [6.07, 6.45) is 2.16. The van der Waals surface area contributed by atoms with Crippen LogP contribution in [0.1, 0.15) is 25.8 Å². The molecule has 3 N–H and O–H groups in total. The molecule has 2 amide bonds. The summed E-state index contributed by atoms with van der Waals surface area (Å²) in [4.78, 5) is 29.5. The number of aromatic nitrogens is 2. The molecule has 3 aromatic rings. The molecule has 0 spiro atoms. The van der Waals surface area contributed by atoms with E-state index in [1.807, 2.05) is 18.4 Å². The quantitative estimate of drug-likeness (QED) is 0.208. The van der Waals surface area contributed by atoms with E-state index < -0.39 is 46.7 Å². The number of carbonyl (C=O) groups is 2. The highest BCUT2D eigenvalue weighted by atomic mass is 32.2. The Hall–Kier alpha value is -4.42. The Balaban J connectivity index is 1.14. The highest BCUT2D eigenvalue weighted by Crippen LogP contribution is 2.35. The molecule has 0 radical (unpaired) electrons. The predicted octanol–water partition coefficient (Wildman–Crippen LogP) is 2.51. The van der Waals surface area contributed by atoms with Gasteiger partial charge < -0.3 is 48.7 Å². The number of hydrogen-bond acceptors (Lipinski definition) is 12. The topological polar surface area (TPSA) is 189 Å². The van der Waals surface area contributed by atoms with E-state index in [-0.39, 0.29) is 55.4 Å². The summed E-state index contributed by atoms with van der Waals surface area (Å²) in [6, 6.07) is 9.97. The van der Waals surface area contributed by atoms with E-state index in [0.717, 1.165) is 0 Å². The maximum absolute atomic E-state index is 13.9. The number of nitrogens with zero attached hydrogens (tertiary/aromatic N) is 3. The lowest BCUT2D eigenvalue weighted by Gasteiger charge is -2.31. The summed E-state index contributed by atoms with van der Waals surface area (Å²) in [5.41, 5.74) is 0.676. The van der Waals surface area contributed by atoms with E-state index in [0.29, 0.717) is 43.2 Å². The van der Waals surface area contributed by atoms with E-state index >= 15 is 0 Å². The van der Waals surface area contributed by atoms with Crippen LogP contribution < -0.4 is 24.8 Å². The Morgan fingerprint density at radius 2 is 1.88 bits per heavy atom. The van der Waals surface area contributed by atoms with Crippen molar-refractivity contribution in [2.45, 2.75) is 62.7 Å². The lowest BCUT2D eigenvalue weighted by atomic mass is 10.0. The minimum atomic E-state index is -4.11. The molecule has 2 aromatic carbocycles. The number of carbonyl (C=O) groups excluding carboxylic acids is 2. The summed E-state index contributed by atoms with van der Waals surface area (Å²) in [7, 11) is -4.11. The molecule has 2 saturated heterocycles. The van der Waals surface area contributed by atoms with Gasteiger partial charge in [0.25, 0.3) is 0 Å². The van der Waals surface area contributed by atoms with E-state index in [2.05, 4.69) is 15.6 Å². The molecule has 2 fully saturated rings. The van der Waals surface area contributed by atoms with E-state index in [9.17, 15) is 23.1 Å².